The Morgan fingerprint density at radius 3 is 2.94 bits per heavy atom. The molecule has 1 aliphatic rings. The third kappa shape index (κ3) is 3.40. The first-order chi connectivity index (χ1) is 16.4. The number of ether oxygens (including phenoxy) is 1. The lowest BCUT2D eigenvalue weighted by Crippen LogP contribution is -2.32. The Kier molecular flexibility index (Phi) is 4.64. The minimum atomic E-state index is -0.461. The van der Waals surface area contributed by atoms with Crippen LogP contribution in [-0.4, -0.2) is 31.0 Å². The number of nitrogens with zero attached hydrogens (tertiary/aromatic N) is 4. The number of fused-ring (bicyclic) bond motifs is 5. The van der Waals surface area contributed by atoms with Crippen molar-refractivity contribution in [3.63, 3.8) is 0 Å². The number of hydrogen-bond donors (Lipinski definition) is 1. The van der Waals surface area contributed by atoms with E-state index in [4.69, 9.17) is 13.6 Å². The Morgan fingerprint density at radius 1 is 1.29 bits per heavy atom. The van der Waals surface area contributed by atoms with Crippen molar-refractivity contribution in [3.8, 4) is 11.5 Å². The van der Waals surface area contributed by atoms with E-state index >= 15 is 0 Å². The maximum Gasteiger partial charge on any atom is 0.297 e. The number of carbonyl (C=O) groups is 1. The van der Waals surface area contributed by atoms with Gasteiger partial charge in [0.1, 0.15) is 17.8 Å². The van der Waals surface area contributed by atoms with E-state index in [0.717, 1.165) is 11.1 Å². The summed E-state index contributed by atoms with van der Waals surface area (Å²) in [5.74, 6) is 0.204. The molecule has 1 N–H and O–H groups in total. The molecule has 0 spiro atoms. The zero-order valence-corrected chi connectivity index (χ0v) is 19.1. The lowest BCUT2D eigenvalue weighted by Gasteiger charge is -2.32. The van der Waals surface area contributed by atoms with Crippen LogP contribution in [0.25, 0.3) is 33.7 Å². The molecule has 0 unspecified atom stereocenters. The van der Waals surface area contributed by atoms with Gasteiger partial charge in [0, 0.05) is 23.6 Å². The van der Waals surface area contributed by atoms with Crippen molar-refractivity contribution in [2.24, 2.45) is 0 Å². The number of anilines is 1. The molecular weight excluding hydrogens is 458 g/mol. The topological polar surface area (TPSA) is 125 Å². The molecule has 0 saturated heterocycles. The van der Waals surface area contributed by atoms with E-state index < -0.39 is 11.2 Å². The number of hydrogen-bond acceptors (Lipinski definition) is 9. The predicted molar refractivity (Wildman–Crippen MR) is 125 cm³/mol. The van der Waals surface area contributed by atoms with Crippen LogP contribution >= 0.6 is 11.3 Å². The lowest BCUT2D eigenvalue weighted by atomic mass is 9.89. The lowest BCUT2D eigenvalue weighted by molar-refractivity contribution is -0.116. The van der Waals surface area contributed by atoms with Crippen LogP contribution < -0.4 is 10.9 Å². The average Bonchev–Trinajstić information content (AvgIpc) is 3.55. The molecule has 0 aromatic carbocycles. The number of amides is 1. The molecule has 1 aliphatic heterocycles. The van der Waals surface area contributed by atoms with E-state index in [1.807, 2.05) is 19.9 Å². The summed E-state index contributed by atoms with van der Waals surface area (Å²) in [7, 11) is 0. The molecule has 11 heteroatoms. The maximum atomic E-state index is 13.2. The molecule has 0 fully saturated rings. The number of aromatic nitrogens is 4. The summed E-state index contributed by atoms with van der Waals surface area (Å²) in [5, 5.41) is 5.56. The molecule has 172 valence electrons. The molecule has 0 bridgehead atoms. The molecule has 5 aromatic rings. The fourth-order valence-corrected chi connectivity index (χ4v) is 4.77. The van der Waals surface area contributed by atoms with Crippen LogP contribution in [0.5, 0.6) is 0 Å². The van der Waals surface area contributed by atoms with Gasteiger partial charge < -0.3 is 18.9 Å². The maximum absolute atomic E-state index is 13.2. The van der Waals surface area contributed by atoms with Crippen molar-refractivity contribution in [1.29, 1.82) is 0 Å². The van der Waals surface area contributed by atoms with E-state index in [1.54, 1.807) is 23.9 Å². The molecule has 1 amide bonds. The second kappa shape index (κ2) is 7.61. The number of nitrogens with one attached hydrogen (secondary N) is 1. The van der Waals surface area contributed by atoms with Gasteiger partial charge >= 0.3 is 0 Å². The van der Waals surface area contributed by atoms with Crippen LogP contribution in [0.3, 0.4) is 0 Å². The van der Waals surface area contributed by atoms with E-state index in [2.05, 4.69) is 20.3 Å². The largest absolute Gasteiger partial charge is 0.463 e. The van der Waals surface area contributed by atoms with E-state index in [-0.39, 0.29) is 18.0 Å². The Hall–Kier alpha value is -3.83. The van der Waals surface area contributed by atoms with Crippen molar-refractivity contribution in [3.05, 3.63) is 57.8 Å². The highest BCUT2D eigenvalue weighted by atomic mass is 32.1. The zero-order chi connectivity index (χ0) is 23.4. The van der Waals surface area contributed by atoms with Gasteiger partial charge in [0.25, 0.3) is 5.56 Å². The molecule has 0 aliphatic carbocycles. The SMILES string of the molecule is CC1(C)Cc2c(c(-c3ccco3)nc3oc4c(=O)n(CC(=O)Nc5nccs5)cnc4c23)CO1. The second-order valence-electron chi connectivity index (χ2n) is 8.64. The molecule has 0 saturated carbocycles. The average molecular weight is 478 g/mol. The van der Waals surface area contributed by atoms with E-state index in [9.17, 15) is 9.59 Å². The summed E-state index contributed by atoms with van der Waals surface area (Å²) in [6.07, 6.45) is 5.12. The quantitative estimate of drug-likeness (QED) is 0.415. The first-order valence-electron chi connectivity index (χ1n) is 10.6. The van der Waals surface area contributed by atoms with Gasteiger partial charge in [-0.2, -0.15) is 0 Å². The second-order valence-corrected chi connectivity index (χ2v) is 9.54. The molecule has 6 heterocycles. The van der Waals surface area contributed by atoms with Crippen LogP contribution in [-0.2, 0) is 29.1 Å². The number of pyridine rings is 1. The number of carbonyl (C=O) groups excluding carboxylic acids is 1. The first kappa shape index (κ1) is 20.8. The third-order valence-electron chi connectivity index (χ3n) is 5.77. The highest BCUT2D eigenvalue weighted by Crippen LogP contribution is 2.40. The van der Waals surface area contributed by atoms with Crippen molar-refractivity contribution >= 4 is 44.6 Å². The Balaban J connectivity index is 1.50. The van der Waals surface area contributed by atoms with Gasteiger partial charge in [-0.15, -0.1) is 11.3 Å². The first-order valence-corrected chi connectivity index (χ1v) is 11.5. The van der Waals surface area contributed by atoms with Gasteiger partial charge in [0.15, 0.2) is 10.9 Å². The third-order valence-corrected chi connectivity index (χ3v) is 6.46. The van der Waals surface area contributed by atoms with Crippen molar-refractivity contribution in [1.82, 2.24) is 19.5 Å². The minimum absolute atomic E-state index is 0.0511. The Bertz CT molecular complexity index is 1600. The van der Waals surface area contributed by atoms with Gasteiger partial charge in [-0.05, 0) is 31.5 Å². The molecule has 10 nitrogen and oxygen atoms in total. The van der Waals surface area contributed by atoms with E-state index in [0.29, 0.717) is 46.2 Å². The predicted octanol–water partition coefficient (Wildman–Crippen LogP) is 3.74. The molecule has 0 radical (unpaired) electrons. The van der Waals surface area contributed by atoms with Crippen LogP contribution in [0, 0.1) is 0 Å². The molecule has 34 heavy (non-hydrogen) atoms. The van der Waals surface area contributed by atoms with Crippen LogP contribution in [0.1, 0.15) is 25.0 Å². The van der Waals surface area contributed by atoms with Gasteiger partial charge in [-0.25, -0.2) is 15.0 Å². The Morgan fingerprint density at radius 2 is 2.18 bits per heavy atom. The van der Waals surface area contributed by atoms with Crippen LogP contribution in [0.2, 0.25) is 0 Å². The van der Waals surface area contributed by atoms with Crippen LogP contribution in [0.15, 0.2) is 49.9 Å². The van der Waals surface area contributed by atoms with Crippen molar-refractivity contribution in [2.45, 2.75) is 39.0 Å². The highest BCUT2D eigenvalue weighted by molar-refractivity contribution is 7.13. The smallest absolute Gasteiger partial charge is 0.297 e. The molecule has 0 atom stereocenters. The Labute approximate surface area is 196 Å². The molecule has 5 aromatic heterocycles. The van der Waals surface area contributed by atoms with Gasteiger partial charge in [-0.1, -0.05) is 0 Å². The standard InChI is InChI=1S/C23H19N5O5S/c1-23(2)8-12-13(10-32-23)17(14-4-3-6-31-14)27-20-16(12)18-19(33-20)21(30)28(11-25-18)9-15(29)26-22-24-5-7-34-22/h3-7,11H,8-10H2,1-2H3,(H,24,26,29). The summed E-state index contributed by atoms with van der Waals surface area (Å²) in [5.41, 5.74) is 2.37. The summed E-state index contributed by atoms with van der Waals surface area (Å²) < 4.78 is 18.8. The summed E-state index contributed by atoms with van der Waals surface area (Å²) >= 11 is 1.29. The normalized spacial score (nSPS) is 15.0. The van der Waals surface area contributed by atoms with Crippen molar-refractivity contribution in [2.75, 3.05) is 5.32 Å². The molecular formula is C23H19N5O5S. The van der Waals surface area contributed by atoms with Gasteiger partial charge in [-0.3, -0.25) is 14.2 Å². The molecule has 6 rings (SSSR count). The minimum Gasteiger partial charge on any atom is -0.463 e. The summed E-state index contributed by atoms with van der Waals surface area (Å²) in [6, 6.07) is 3.61. The summed E-state index contributed by atoms with van der Waals surface area (Å²) in [4.78, 5) is 38.8. The highest BCUT2D eigenvalue weighted by Gasteiger charge is 2.33. The van der Waals surface area contributed by atoms with E-state index in [1.165, 1.54) is 22.2 Å². The number of thiazole rings is 1. The fourth-order valence-electron chi connectivity index (χ4n) is 4.23. The van der Waals surface area contributed by atoms with Gasteiger partial charge in [0.05, 0.1) is 30.2 Å². The van der Waals surface area contributed by atoms with Crippen molar-refractivity contribution < 1.29 is 18.4 Å². The summed E-state index contributed by atoms with van der Waals surface area (Å²) in [6.45, 7) is 4.15. The zero-order valence-electron chi connectivity index (χ0n) is 18.3. The number of rotatable bonds is 4. The van der Waals surface area contributed by atoms with Crippen LogP contribution in [0.4, 0.5) is 5.13 Å². The monoisotopic (exact) mass is 477 g/mol. The number of furan rings is 2. The van der Waals surface area contributed by atoms with Gasteiger partial charge in [0.2, 0.25) is 17.2 Å². The fraction of sp³-hybridized carbons (Fsp3) is 0.261.